The first-order valence-electron chi connectivity index (χ1n) is 8.31. The minimum atomic E-state index is 0.450. The highest BCUT2D eigenvalue weighted by Gasteiger charge is 2.10. The van der Waals surface area contributed by atoms with Gasteiger partial charge in [0.25, 0.3) is 0 Å². The smallest absolute Gasteiger partial charge is 0.163 e. The molecule has 0 aliphatic heterocycles. The normalized spacial score (nSPS) is 11.2. The van der Waals surface area contributed by atoms with Gasteiger partial charge in [-0.15, -0.1) is 0 Å². The molecule has 0 unspecified atom stereocenters. The lowest BCUT2D eigenvalue weighted by Gasteiger charge is -2.10. The third-order valence-corrected chi connectivity index (χ3v) is 3.99. The molecule has 0 fully saturated rings. The molecule has 0 amide bonds. The molecule has 3 heterocycles. The molecule has 0 saturated carbocycles. The van der Waals surface area contributed by atoms with Gasteiger partial charge in [-0.2, -0.15) is 5.10 Å². The maximum Gasteiger partial charge on any atom is 0.163 e. The minimum absolute atomic E-state index is 0.450. The van der Waals surface area contributed by atoms with Gasteiger partial charge in [-0.05, 0) is 36.8 Å². The summed E-state index contributed by atoms with van der Waals surface area (Å²) in [5, 5.41) is 8.52. The molecule has 26 heavy (non-hydrogen) atoms. The number of benzene rings is 1. The molecule has 4 rings (SSSR count). The van der Waals surface area contributed by atoms with Crippen LogP contribution in [0.2, 0.25) is 0 Å². The molecule has 7 nitrogen and oxygen atoms in total. The van der Waals surface area contributed by atoms with E-state index in [9.17, 15) is 0 Å². The van der Waals surface area contributed by atoms with Gasteiger partial charge in [0, 0.05) is 12.7 Å². The molecule has 0 bridgehead atoms. The molecule has 3 aromatic heterocycles. The van der Waals surface area contributed by atoms with E-state index in [1.54, 1.807) is 17.1 Å². The molecule has 0 atom stereocenters. The summed E-state index contributed by atoms with van der Waals surface area (Å²) in [6.07, 6.45) is 3.42. The van der Waals surface area contributed by atoms with Crippen LogP contribution in [0.25, 0.3) is 11.0 Å². The second-order valence-electron chi connectivity index (χ2n) is 6.02. The highest BCUT2D eigenvalue weighted by atomic mass is 16.5. The summed E-state index contributed by atoms with van der Waals surface area (Å²) in [6, 6.07) is 11.8. The first-order chi connectivity index (χ1) is 12.7. The van der Waals surface area contributed by atoms with E-state index in [0.29, 0.717) is 19.0 Å². The molecule has 0 aliphatic carbocycles. The van der Waals surface area contributed by atoms with Crippen LogP contribution in [0, 0.1) is 6.92 Å². The van der Waals surface area contributed by atoms with Crippen molar-refractivity contribution < 1.29 is 9.15 Å². The van der Waals surface area contributed by atoms with Crippen molar-refractivity contribution in [3.63, 3.8) is 0 Å². The number of hydrogen-bond donors (Lipinski definition) is 1. The molecule has 0 aliphatic rings. The fourth-order valence-electron chi connectivity index (χ4n) is 2.77. The van der Waals surface area contributed by atoms with Gasteiger partial charge in [0.2, 0.25) is 0 Å². The van der Waals surface area contributed by atoms with Crippen molar-refractivity contribution in [1.29, 1.82) is 0 Å². The van der Waals surface area contributed by atoms with Crippen LogP contribution < -0.4 is 5.32 Å². The average Bonchev–Trinajstić information content (AvgIpc) is 3.26. The maximum atomic E-state index is 5.70. The predicted octanol–water partition coefficient (Wildman–Crippen LogP) is 3.73. The second-order valence-corrected chi connectivity index (χ2v) is 6.02. The zero-order valence-corrected chi connectivity index (χ0v) is 14.6. The highest BCUT2D eigenvalue weighted by molar-refractivity contribution is 5.88. The third kappa shape index (κ3) is 3.43. The van der Waals surface area contributed by atoms with Gasteiger partial charge in [0.05, 0.1) is 24.5 Å². The van der Waals surface area contributed by atoms with Crippen molar-refractivity contribution in [3.8, 4) is 0 Å². The predicted molar refractivity (Wildman–Crippen MR) is 98.0 cm³/mol. The Morgan fingerprint density at radius 2 is 2.08 bits per heavy atom. The summed E-state index contributed by atoms with van der Waals surface area (Å²) < 4.78 is 12.7. The largest absolute Gasteiger partial charge is 0.467 e. The van der Waals surface area contributed by atoms with Gasteiger partial charge in [0.15, 0.2) is 5.65 Å². The number of hydrogen-bond acceptors (Lipinski definition) is 6. The number of aryl methyl sites for hydroxylation is 2. The molecule has 1 aromatic carbocycles. The number of furan rings is 1. The SMILES string of the molecule is Cc1nc(Nc2cccc(COCc3ccco3)c2)c2cnn(C)c2n1. The first-order valence-corrected chi connectivity index (χ1v) is 8.31. The van der Waals surface area contributed by atoms with Crippen molar-refractivity contribution in [2.24, 2.45) is 7.05 Å². The van der Waals surface area contributed by atoms with Crippen LogP contribution in [0.5, 0.6) is 0 Å². The molecular weight excluding hydrogens is 330 g/mol. The van der Waals surface area contributed by atoms with E-state index < -0.39 is 0 Å². The Morgan fingerprint density at radius 3 is 2.92 bits per heavy atom. The van der Waals surface area contributed by atoms with Gasteiger partial charge in [-0.25, -0.2) is 9.97 Å². The van der Waals surface area contributed by atoms with E-state index in [1.807, 2.05) is 50.4 Å². The second kappa shape index (κ2) is 6.97. The summed E-state index contributed by atoms with van der Waals surface area (Å²) in [6.45, 7) is 2.82. The summed E-state index contributed by atoms with van der Waals surface area (Å²) in [7, 11) is 1.87. The zero-order chi connectivity index (χ0) is 17.9. The quantitative estimate of drug-likeness (QED) is 0.571. The lowest BCUT2D eigenvalue weighted by molar-refractivity contribution is 0.0930. The molecule has 4 aromatic rings. The standard InChI is InChI=1S/C19H19N5O2/c1-13-21-18(17-10-20-24(2)19(17)22-13)23-15-6-3-5-14(9-15)11-25-12-16-7-4-8-26-16/h3-10H,11-12H2,1-2H3,(H,21,22,23). The molecule has 1 N–H and O–H groups in total. The van der Waals surface area contributed by atoms with E-state index in [1.165, 1.54) is 0 Å². The number of anilines is 2. The third-order valence-electron chi connectivity index (χ3n) is 3.99. The fourth-order valence-corrected chi connectivity index (χ4v) is 2.77. The number of fused-ring (bicyclic) bond motifs is 1. The van der Waals surface area contributed by atoms with Crippen molar-refractivity contribution in [2.45, 2.75) is 20.1 Å². The van der Waals surface area contributed by atoms with Gasteiger partial charge in [0.1, 0.15) is 24.0 Å². The molecule has 0 saturated heterocycles. The number of rotatable bonds is 6. The highest BCUT2D eigenvalue weighted by Crippen LogP contribution is 2.24. The van der Waals surface area contributed by atoms with Crippen LogP contribution in [0.3, 0.4) is 0 Å². The zero-order valence-electron chi connectivity index (χ0n) is 14.6. The number of ether oxygens (including phenoxy) is 1. The van der Waals surface area contributed by atoms with E-state index in [-0.39, 0.29) is 0 Å². The van der Waals surface area contributed by atoms with E-state index >= 15 is 0 Å². The van der Waals surface area contributed by atoms with Crippen LogP contribution in [0.1, 0.15) is 17.1 Å². The fraction of sp³-hybridized carbons (Fsp3) is 0.211. The van der Waals surface area contributed by atoms with Gasteiger partial charge < -0.3 is 14.5 Å². The maximum absolute atomic E-state index is 5.70. The summed E-state index contributed by atoms with van der Waals surface area (Å²) in [5.41, 5.74) is 2.81. The summed E-state index contributed by atoms with van der Waals surface area (Å²) in [5.74, 6) is 2.26. The minimum Gasteiger partial charge on any atom is -0.467 e. The van der Waals surface area contributed by atoms with Crippen molar-refractivity contribution in [2.75, 3.05) is 5.32 Å². The van der Waals surface area contributed by atoms with E-state index in [2.05, 4.69) is 20.4 Å². The number of nitrogens with zero attached hydrogens (tertiary/aromatic N) is 4. The first kappa shape index (κ1) is 16.3. The monoisotopic (exact) mass is 349 g/mol. The Bertz CT molecular complexity index is 1020. The number of nitrogens with one attached hydrogen (secondary N) is 1. The van der Waals surface area contributed by atoms with E-state index in [0.717, 1.165) is 33.9 Å². The molecular formula is C19H19N5O2. The molecule has 0 spiro atoms. The van der Waals surface area contributed by atoms with Crippen LogP contribution in [0.4, 0.5) is 11.5 Å². The lowest BCUT2D eigenvalue weighted by Crippen LogP contribution is -2.01. The number of aromatic nitrogens is 4. The molecule has 7 heteroatoms. The van der Waals surface area contributed by atoms with Gasteiger partial charge in [-0.3, -0.25) is 4.68 Å². The Morgan fingerprint density at radius 1 is 1.15 bits per heavy atom. The lowest BCUT2D eigenvalue weighted by atomic mass is 10.2. The van der Waals surface area contributed by atoms with Crippen molar-refractivity contribution in [3.05, 3.63) is 66.0 Å². The Hall–Kier alpha value is -3.19. The summed E-state index contributed by atoms with van der Waals surface area (Å²) in [4.78, 5) is 8.96. The van der Waals surface area contributed by atoms with Gasteiger partial charge >= 0.3 is 0 Å². The van der Waals surface area contributed by atoms with Crippen molar-refractivity contribution in [1.82, 2.24) is 19.7 Å². The average molecular weight is 349 g/mol. The molecule has 132 valence electrons. The van der Waals surface area contributed by atoms with Crippen LogP contribution in [-0.2, 0) is 25.0 Å². The van der Waals surface area contributed by atoms with Crippen LogP contribution in [0.15, 0.2) is 53.3 Å². The Labute approximate surface area is 150 Å². The Balaban J connectivity index is 1.50. The topological polar surface area (TPSA) is 78.0 Å². The van der Waals surface area contributed by atoms with Crippen LogP contribution in [-0.4, -0.2) is 19.7 Å². The Kier molecular flexibility index (Phi) is 4.37. The summed E-state index contributed by atoms with van der Waals surface area (Å²) >= 11 is 0. The molecule has 0 radical (unpaired) electrons. The van der Waals surface area contributed by atoms with Crippen LogP contribution >= 0.6 is 0 Å². The van der Waals surface area contributed by atoms with E-state index in [4.69, 9.17) is 9.15 Å². The van der Waals surface area contributed by atoms with Crippen molar-refractivity contribution >= 4 is 22.5 Å². The van der Waals surface area contributed by atoms with Gasteiger partial charge in [-0.1, -0.05) is 12.1 Å².